The predicted octanol–water partition coefficient (Wildman–Crippen LogP) is 6.33. The summed E-state index contributed by atoms with van der Waals surface area (Å²) < 4.78 is 81.9. The summed E-state index contributed by atoms with van der Waals surface area (Å²) in [5, 5.41) is 0. The lowest BCUT2D eigenvalue weighted by Crippen LogP contribution is -2.48. The highest BCUT2D eigenvalue weighted by Gasteiger charge is 2.77. The summed E-state index contributed by atoms with van der Waals surface area (Å²) in [5.41, 5.74) is -0.510. The molecule has 3 rings (SSSR count). The fourth-order valence-electron chi connectivity index (χ4n) is 2.89. The zero-order valence-electron chi connectivity index (χ0n) is 12.6. The molecule has 24 heavy (non-hydrogen) atoms. The molecule has 0 N–H and O–H groups in total. The normalized spacial score (nSPS) is 20.9. The van der Waals surface area contributed by atoms with Crippen LogP contribution < -0.4 is 0 Å². The summed E-state index contributed by atoms with van der Waals surface area (Å²) in [6, 6.07) is 8.75. The molecule has 128 valence electrons. The Morgan fingerprint density at radius 2 is 1.46 bits per heavy atom. The number of thiophene rings is 1. The van der Waals surface area contributed by atoms with Crippen molar-refractivity contribution in [2.45, 2.75) is 31.6 Å². The van der Waals surface area contributed by atoms with Gasteiger partial charge in [0.1, 0.15) is 0 Å². The maximum atomic E-state index is 14.0. The Hall–Kier alpha value is -1.76. The molecule has 0 spiro atoms. The topological polar surface area (TPSA) is 0 Å². The third-order valence-electron chi connectivity index (χ3n) is 4.10. The van der Waals surface area contributed by atoms with Crippen molar-refractivity contribution < 1.29 is 26.3 Å². The third-order valence-corrected chi connectivity index (χ3v) is 5.36. The van der Waals surface area contributed by atoms with Crippen molar-refractivity contribution in [1.82, 2.24) is 0 Å². The van der Waals surface area contributed by atoms with E-state index in [4.69, 9.17) is 0 Å². The van der Waals surface area contributed by atoms with Crippen LogP contribution in [0.3, 0.4) is 0 Å². The molecule has 0 bridgehead atoms. The molecule has 2 aromatic rings. The highest BCUT2D eigenvalue weighted by molar-refractivity contribution is 7.16. The lowest BCUT2D eigenvalue weighted by molar-refractivity contribution is -0.257. The molecule has 0 atom stereocenters. The summed E-state index contributed by atoms with van der Waals surface area (Å²) in [6.07, 6.45) is -0.288. The van der Waals surface area contributed by atoms with Crippen LogP contribution in [0, 0.1) is 13.8 Å². The number of hydrogen-bond donors (Lipinski definition) is 0. The molecular formula is C17H12F6S. The van der Waals surface area contributed by atoms with Crippen molar-refractivity contribution in [2.24, 2.45) is 0 Å². The van der Waals surface area contributed by atoms with Crippen LogP contribution in [0.5, 0.6) is 0 Å². The van der Waals surface area contributed by atoms with Crippen molar-refractivity contribution >= 4 is 16.9 Å². The summed E-state index contributed by atoms with van der Waals surface area (Å²) in [6.45, 7) is 2.94. The standard InChI is InChI=1S/C17H12F6S/c1-9-13(10(2)24-14(9)11-6-4-3-5-7-11)12-8-15(18,19)17(22,23)16(12,20)21/h3-8H,1-2H3. The quantitative estimate of drug-likeness (QED) is 0.547. The monoisotopic (exact) mass is 362 g/mol. The third kappa shape index (κ3) is 2.13. The van der Waals surface area contributed by atoms with Crippen LogP contribution in [0.25, 0.3) is 16.0 Å². The van der Waals surface area contributed by atoms with E-state index in [9.17, 15) is 26.3 Å². The van der Waals surface area contributed by atoms with Gasteiger partial charge >= 0.3 is 17.8 Å². The first-order chi connectivity index (χ1) is 11.0. The van der Waals surface area contributed by atoms with E-state index in [1.165, 1.54) is 13.8 Å². The molecule has 0 aliphatic heterocycles. The maximum Gasteiger partial charge on any atom is 0.380 e. The molecular weight excluding hydrogens is 350 g/mol. The largest absolute Gasteiger partial charge is 0.380 e. The van der Waals surface area contributed by atoms with Gasteiger partial charge in [0.2, 0.25) is 0 Å². The Morgan fingerprint density at radius 3 is 1.96 bits per heavy atom. The second-order valence-corrected chi connectivity index (χ2v) is 6.91. The van der Waals surface area contributed by atoms with Gasteiger partial charge in [-0.2, -0.15) is 26.3 Å². The van der Waals surface area contributed by atoms with Gasteiger partial charge in [-0.15, -0.1) is 11.3 Å². The maximum absolute atomic E-state index is 14.0. The lowest BCUT2D eigenvalue weighted by atomic mass is 9.96. The molecule has 1 aromatic heterocycles. The smallest absolute Gasteiger partial charge is 0.195 e. The molecule has 0 amide bonds. The second-order valence-electron chi connectivity index (χ2n) is 5.68. The zero-order valence-corrected chi connectivity index (χ0v) is 13.5. The molecule has 1 aromatic carbocycles. The molecule has 0 saturated heterocycles. The number of halogens is 6. The van der Waals surface area contributed by atoms with Crippen LogP contribution in [-0.4, -0.2) is 17.8 Å². The minimum atomic E-state index is -5.44. The van der Waals surface area contributed by atoms with Crippen molar-refractivity contribution in [2.75, 3.05) is 0 Å². The van der Waals surface area contributed by atoms with E-state index in [2.05, 4.69) is 0 Å². The minimum absolute atomic E-state index is 0.222. The fraction of sp³-hybridized carbons (Fsp3) is 0.294. The van der Waals surface area contributed by atoms with E-state index in [1.807, 2.05) is 0 Å². The van der Waals surface area contributed by atoms with Crippen LogP contribution in [0.15, 0.2) is 36.4 Å². The molecule has 0 fully saturated rings. The predicted molar refractivity (Wildman–Crippen MR) is 82.0 cm³/mol. The van der Waals surface area contributed by atoms with Crippen LogP contribution in [0.2, 0.25) is 0 Å². The average Bonchev–Trinajstić information content (AvgIpc) is 2.85. The first-order valence-corrected chi connectivity index (χ1v) is 7.85. The summed E-state index contributed by atoms with van der Waals surface area (Å²) in [4.78, 5) is 0.893. The Morgan fingerprint density at radius 1 is 0.875 bits per heavy atom. The minimum Gasteiger partial charge on any atom is -0.195 e. The molecule has 7 heteroatoms. The average molecular weight is 362 g/mol. The first kappa shape index (κ1) is 17.1. The molecule has 1 heterocycles. The van der Waals surface area contributed by atoms with E-state index in [-0.39, 0.29) is 11.6 Å². The Bertz CT molecular complexity index is 817. The highest BCUT2D eigenvalue weighted by Crippen LogP contribution is 2.60. The van der Waals surface area contributed by atoms with Gasteiger partial charge in [-0.05, 0) is 25.0 Å². The number of hydrogen-bond acceptors (Lipinski definition) is 1. The van der Waals surface area contributed by atoms with E-state index in [1.54, 1.807) is 30.3 Å². The summed E-state index contributed by atoms with van der Waals surface area (Å²) >= 11 is 1.12. The highest BCUT2D eigenvalue weighted by atomic mass is 32.1. The Kier molecular flexibility index (Phi) is 3.64. The van der Waals surface area contributed by atoms with Crippen molar-refractivity contribution in [3.63, 3.8) is 0 Å². The van der Waals surface area contributed by atoms with Crippen LogP contribution in [-0.2, 0) is 0 Å². The van der Waals surface area contributed by atoms with Gasteiger partial charge in [0, 0.05) is 27.0 Å². The molecule has 1 aliphatic rings. The number of aryl methyl sites for hydroxylation is 1. The Labute approximate surface area is 138 Å². The summed E-state index contributed by atoms with van der Waals surface area (Å²) in [5.74, 6) is -15.3. The fourth-order valence-corrected chi connectivity index (χ4v) is 4.07. The molecule has 0 nitrogen and oxygen atoms in total. The number of benzene rings is 1. The van der Waals surface area contributed by atoms with E-state index < -0.39 is 23.3 Å². The van der Waals surface area contributed by atoms with Gasteiger partial charge in [0.15, 0.2) is 0 Å². The van der Waals surface area contributed by atoms with Crippen LogP contribution in [0.4, 0.5) is 26.3 Å². The van der Waals surface area contributed by atoms with Crippen molar-refractivity contribution in [1.29, 1.82) is 0 Å². The Balaban J connectivity index is 2.21. The van der Waals surface area contributed by atoms with Gasteiger partial charge in [-0.3, -0.25) is 0 Å². The first-order valence-electron chi connectivity index (χ1n) is 7.03. The molecule has 0 unspecified atom stereocenters. The lowest BCUT2D eigenvalue weighted by Gasteiger charge is -2.25. The number of rotatable bonds is 2. The van der Waals surface area contributed by atoms with Gasteiger partial charge in [0.05, 0.1) is 0 Å². The van der Waals surface area contributed by atoms with Crippen LogP contribution >= 0.6 is 11.3 Å². The second kappa shape index (κ2) is 5.12. The summed E-state index contributed by atoms with van der Waals surface area (Å²) in [7, 11) is 0. The van der Waals surface area contributed by atoms with Gasteiger partial charge in [-0.25, -0.2) is 0 Å². The van der Waals surface area contributed by atoms with Crippen LogP contribution in [0.1, 0.15) is 16.0 Å². The zero-order chi connectivity index (χ0) is 17.9. The van der Waals surface area contributed by atoms with Gasteiger partial charge in [-0.1, -0.05) is 30.3 Å². The number of allylic oxidation sites excluding steroid dienone is 2. The SMILES string of the molecule is Cc1sc(-c2ccccc2)c(C)c1C1=CC(F)(F)C(F)(F)C1(F)F. The molecule has 0 saturated carbocycles. The van der Waals surface area contributed by atoms with Crippen molar-refractivity contribution in [3.05, 3.63) is 52.4 Å². The van der Waals surface area contributed by atoms with Gasteiger partial charge in [0.25, 0.3) is 0 Å². The van der Waals surface area contributed by atoms with Crippen molar-refractivity contribution in [3.8, 4) is 10.4 Å². The van der Waals surface area contributed by atoms with E-state index in [0.29, 0.717) is 15.3 Å². The van der Waals surface area contributed by atoms with Gasteiger partial charge < -0.3 is 0 Å². The number of alkyl halides is 6. The molecule has 0 radical (unpaired) electrons. The molecule has 1 aliphatic carbocycles. The van der Waals surface area contributed by atoms with E-state index >= 15 is 0 Å². The van der Waals surface area contributed by atoms with E-state index in [0.717, 1.165) is 16.9 Å².